The quantitative estimate of drug-likeness (QED) is 0.331. The number of rotatable bonds is 3. The molecule has 8 nitrogen and oxygen atoms in total. The summed E-state index contributed by atoms with van der Waals surface area (Å²) in [7, 11) is 0. The monoisotopic (exact) mass is 384 g/mol. The fraction of sp³-hybridized carbons (Fsp3) is 0. The second kappa shape index (κ2) is 8.08. The van der Waals surface area contributed by atoms with Crippen molar-refractivity contribution < 1.29 is 13.7 Å². The fourth-order valence-electron chi connectivity index (χ4n) is 2.35. The van der Waals surface area contributed by atoms with E-state index in [0.29, 0.717) is 11.4 Å². The Hall–Kier alpha value is -4.08. The maximum absolute atomic E-state index is 13.4. The molecular weight excluding hydrogens is 370 g/mol. The molecule has 0 aliphatic carbocycles. The molecule has 4 aromatic rings. The molecule has 0 aliphatic rings. The van der Waals surface area contributed by atoms with E-state index in [2.05, 4.69) is 9.97 Å². The van der Waals surface area contributed by atoms with Crippen molar-refractivity contribution in [2.75, 3.05) is 5.73 Å². The number of hydrogen-bond acceptors (Lipinski definition) is 5. The van der Waals surface area contributed by atoms with Crippen LogP contribution in [0.5, 0.6) is 0 Å². The van der Waals surface area contributed by atoms with Gasteiger partial charge in [-0.3, -0.25) is 10.1 Å². The van der Waals surface area contributed by atoms with Crippen LogP contribution in [0.15, 0.2) is 73.8 Å². The Morgan fingerprint density at radius 3 is 1.86 bits per heavy atom. The zero-order chi connectivity index (χ0) is 20.1. The fourth-order valence-corrected chi connectivity index (χ4v) is 2.35. The lowest BCUT2D eigenvalue weighted by molar-refractivity contribution is -0.385. The van der Waals surface area contributed by atoms with Crippen LogP contribution in [0, 0.1) is 21.7 Å². The summed E-state index contributed by atoms with van der Waals surface area (Å²) in [6, 6.07) is 8.03. The Morgan fingerprint density at radius 2 is 1.43 bits per heavy atom. The van der Waals surface area contributed by atoms with Crippen LogP contribution in [0.2, 0.25) is 0 Å². The molecule has 28 heavy (non-hydrogen) atoms. The van der Waals surface area contributed by atoms with Gasteiger partial charge in [-0.2, -0.15) is 0 Å². The van der Waals surface area contributed by atoms with E-state index in [1.165, 1.54) is 41.6 Å². The summed E-state index contributed by atoms with van der Waals surface area (Å²) >= 11 is 0. The number of hydrogen-bond donors (Lipinski definition) is 1. The molecule has 0 aliphatic heterocycles. The van der Waals surface area contributed by atoms with Crippen LogP contribution in [0.4, 0.5) is 20.2 Å². The summed E-state index contributed by atoms with van der Waals surface area (Å²) in [5, 5.41) is 10.4. The van der Waals surface area contributed by atoms with Gasteiger partial charge in [0.25, 0.3) is 5.69 Å². The number of nitrogens with two attached hydrogens (primary N) is 1. The third-order valence-corrected chi connectivity index (χ3v) is 3.68. The molecule has 10 heteroatoms. The molecule has 0 radical (unpaired) electrons. The first-order valence-corrected chi connectivity index (χ1v) is 7.91. The SMILES string of the molecule is Nc1ccc(-n2ccnc2)c(F)c1.O=[N+]([O-])c1ccc(-n2ccnc2)c(F)c1. The number of nitro benzene ring substituents is 1. The molecule has 0 saturated carbocycles. The van der Waals surface area contributed by atoms with Crippen LogP contribution in [0.3, 0.4) is 0 Å². The molecular formula is C18H14F2N6O2. The number of non-ortho nitro benzene ring substituents is 1. The van der Waals surface area contributed by atoms with E-state index in [0.717, 1.165) is 6.07 Å². The highest BCUT2D eigenvalue weighted by Gasteiger charge is 2.11. The highest BCUT2D eigenvalue weighted by atomic mass is 19.1. The summed E-state index contributed by atoms with van der Waals surface area (Å²) < 4.78 is 29.7. The summed E-state index contributed by atoms with van der Waals surface area (Å²) in [4.78, 5) is 17.3. The first-order valence-electron chi connectivity index (χ1n) is 7.91. The van der Waals surface area contributed by atoms with Gasteiger partial charge in [-0.05, 0) is 24.3 Å². The van der Waals surface area contributed by atoms with E-state index in [1.807, 2.05) is 0 Å². The van der Waals surface area contributed by atoms with Crippen molar-refractivity contribution in [1.29, 1.82) is 0 Å². The normalized spacial score (nSPS) is 10.2. The topological polar surface area (TPSA) is 105 Å². The Bertz CT molecular complexity index is 1080. The van der Waals surface area contributed by atoms with Crippen molar-refractivity contribution in [3.8, 4) is 11.4 Å². The maximum atomic E-state index is 13.4. The summed E-state index contributed by atoms with van der Waals surface area (Å²) in [5.41, 5.74) is 6.25. The molecule has 2 heterocycles. The second-order valence-corrected chi connectivity index (χ2v) is 5.54. The number of aromatic nitrogens is 4. The molecule has 0 atom stereocenters. The van der Waals surface area contributed by atoms with Gasteiger partial charge in [-0.1, -0.05) is 0 Å². The molecule has 2 aromatic heterocycles. The average molecular weight is 384 g/mol. The van der Waals surface area contributed by atoms with Crippen molar-refractivity contribution in [2.45, 2.75) is 0 Å². The number of anilines is 1. The van der Waals surface area contributed by atoms with Gasteiger partial charge in [0.2, 0.25) is 0 Å². The number of nitro groups is 1. The van der Waals surface area contributed by atoms with Crippen LogP contribution < -0.4 is 5.73 Å². The lowest BCUT2D eigenvalue weighted by atomic mass is 10.2. The predicted molar refractivity (Wildman–Crippen MR) is 98.1 cm³/mol. The molecule has 0 spiro atoms. The maximum Gasteiger partial charge on any atom is 0.272 e. The van der Waals surface area contributed by atoms with Gasteiger partial charge in [0.1, 0.15) is 5.82 Å². The van der Waals surface area contributed by atoms with Crippen molar-refractivity contribution in [2.24, 2.45) is 0 Å². The Kier molecular flexibility index (Phi) is 5.40. The minimum atomic E-state index is -0.651. The van der Waals surface area contributed by atoms with E-state index in [4.69, 9.17) is 5.73 Å². The van der Waals surface area contributed by atoms with Crippen LogP contribution in [-0.2, 0) is 0 Å². The minimum Gasteiger partial charge on any atom is -0.399 e. The van der Waals surface area contributed by atoms with Gasteiger partial charge in [0.05, 0.1) is 35.0 Å². The van der Waals surface area contributed by atoms with Crippen molar-refractivity contribution >= 4 is 11.4 Å². The molecule has 0 bridgehead atoms. The highest BCUT2D eigenvalue weighted by Crippen LogP contribution is 2.19. The van der Waals surface area contributed by atoms with Gasteiger partial charge in [-0.25, -0.2) is 18.7 Å². The molecule has 2 N–H and O–H groups in total. The lowest BCUT2D eigenvalue weighted by Gasteiger charge is -2.03. The molecule has 4 rings (SSSR count). The van der Waals surface area contributed by atoms with Crippen molar-refractivity contribution in [1.82, 2.24) is 19.1 Å². The number of nitrogens with zero attached hydrogens (tertiary/aromatic N) is 5. The first-order chi connectivity index (χ1) is 13.5. The van der Waals surface area contributed by atoms with E-state index in [1.54, 1.807) is 35.3 Å². The van der Waals surface area contributed by atoms with E-state index in [9.17, 15) is 18.9 Å². The minimum absolute atomic E-state index is 0.234. The van der Waals surface area contributed by atoms with Crippen molar-refractivity contribution in [3.63, 3.8) is 0 Å². The molecule has 0 saturated heterocycles. The van der Waals surface area contributed by atoms with E-state index < -0.39 is 10.7 Å². The zero-order valence-corrected chi connectivity index (χ0v) is 14.3. The summed E-state index contributed by atoms with van der Waals surface area (Å²) in [5.74, 6) is -1.000. The molecule has 142 valence electrons. The van der Waals surface area contributed by atoms with Gasteiger partial charge in [0, 0.05) is 36.5 Å². The van der Waals surface area contributed by atoms with Crippen molar-refractivity contribution in [3.05, 3.63) is 95.6 Å². The third-order valence-electron chi connectivity index (χ3n) is 3.68. The standard InChI is InChI=1S/C9H6FN3O2.C9H8FN3/c10-8-5-7(13(14)15)1-2-9(8)12-4-3-11-6-12;10-8-5-7(11)1-2-9(8)13-4-3-12-6-13/h1-6H;1-6H,11H2. The van der Waals surface area contributed by atoms with E-state index in [-0.39, 0.29) is 17.2 Å². The van der Waals surface area contributed by atoms with E-state index >= 15 is 0 Å². The molecule has 0 amide bonds. The molecule has 0 unspecified atom stereocenters. The second-order valence-electron chi connectivity index (χ2n) is 5.54. The Balaban J connectivity index is 0.000000162. The van der Waals surface area contributed by atoms with Gasteiger partial charge in [0.15, 0.2) is 5.82 Å². The Labute approximate surface area is 157 Å². The largest absolute Gasteiger partial charge is 0.399 e. The van der Waals surface area contributed by atoms with Crippen LogP contribution >= 0.6 is 0 Å². The number of nitrogen functional groups attached to an aromatic ring is 1. The first kappa shape index (κ1) is 18.7. The van der Waals surface area contributed by atoms with Gasteiger partial charge >= 0.3 is 0 Å². The smallest absolute Gasteiger partial charge is 0.272 e. The van der Waals surface area contributed by atoms with Crippen LogP contribution in [0.1, 0.15) is 0 Å². The summed E-state index contributed by atoms with van der Waals surface area (Å²) in [6.45, 7) is 0. The Morgan fingerprint density at radius 1 is 0.893 bits per heavy atom. The van der Waals surface area contributed by atoms with Crippen LogP contribution in [-0.4, -0.2) is 24.0 Å². The van der Waals surface area contributed by atoms with Crippen LogP contribution in [0.25, 0.3) is 11.4 Å². The lowest BCUT2D eigenvalue weighted by Crippen LogP contribution is -1.96. The third kappa shape index (κ3) is 4.18. The number of imidazole rings is 2. The predicted octanol–water partition coefficient (Wildman–Crippen LogP) is 3.51. The summed E-state index contributed by atoms with van der Waals surface area (Å²) in [6.07, 6.45) is 9.29. The van der Waals surface area contributed by atoms with Gasteiger partial charge < -0.3 is 14.9 Å². The number of halogens is 2. The molecule has 0 fully saturated rings. The average Bonchev–Trinajstić information content (AvgIpc) is 3.36. The number of benzene rings is 2. The highest BCUT2D eigenvalue weighted by molar-refractivity contribution is 5.46. The zero-order valence-electron chi connectivity index (χ0n) is 14.3. The molecule has 2 aromatic carbocycles. The van der Waals surface area contributed by atoms with Gasteiger partial charge in [-0.15, -0.1) is 0 Å².